The number of rotatable bonds is 6. The molecule has 1 aromatic rings. The van der Waals surface area contributed by atoms with E-state index < -0.39 is 6.10 Å². The molecular formula is C13H18N2O4. The van der Waals surface area contributed by atoms with Gasteiger partial charge >= 0.3 is 0 Å². The summed E-state index contributed by atoms with van der Waals surface area (Å²) < 4.78 is 16.2. The molecule has 6 nitrogen and oxygen atoms in total. The summed E-state index contributed by atoms with van der Waals surface area (Å²) in [5.74, 6) is 1.05. The van der Waals surface area contributed by atoms with Crippen LogP contribution in [-0.4, -0.2) is 44.9 Å². The Morgan fingerprint density at radius 3 is 2.95 bits per heavy atom. The Bertz CT molecular complexity index is 425. The summed E-state index contributed by atoms with van der Waals surface area (Å²) in [5.41, 5.74) is 5.28. The van der Waals surface area contributed by atoms with Crippen LogP contribution in [0.2, 0.25) is 0 Å². The van der Waals surface area contributed by atoms with E-state index in [0.29, 0.717) is 37.8 Å². The van der Waals surface area contributed by atoms with Crippen molar-refractivity contribution in [3.8, 4) is 11.5 Å². The first-order valence-electron chi connectivity index (χ1n) is 6.25. The summed E-state index contributed by atoms with van der Waals surface area (Å²) in [4.78, 5) is 11.8. The molecule has 0 radical (unpaired) electrons. The molecule has 0 aromatic heterocycles. The second-order valence-corrected chi connectivity index (χ2v) is 4.06. The van der Waals surface area contributed by atoms with Crippen LogP contribution in [0.1, 0.15) is 0 Å². The van der Waals surface area contributed by atoms with Gasteiger partial charge in [0.25, 0.3) is 5.91 Å². The number of nitrogens with two attached hydrogens (primary N) is 1. The molecule has 19 heavy (non-hydrogen) atoms. The van der Waals surface area contributed by atoms with E-state index in [0.717, 1.165) is 0 Å². The number of benzene rings is 1. The Morgan fingerprint density at radius 2 is 2.16 bits per heavy atom. The number of ether oxygens (including phenoxy) is 3. The quantitative estimate of drug-likeness (QED) is 0.704. The van der Waals surface area contributed by atoms with E-state index in [4.69, 9.17) is 19.9 Å². The molecule has 1 heterocycles. The Balaban J connectivity index is 1.76. The number of hydrogen-bond acceptors (Lipinski definition) is 5. The number of para-hydroxylation sites is 2. The molecule has 1 aliphatic heterocycles. The average Bonchev–Trinajstić information content (AvgIpc) is 2.46. The maximum Gasteiger partial charge on any atom is 0.264 e. The molecule has 0 fully saturated rings. The number of amides is 1. The second-order valence-electron chi connectivity index (χ2n) is 4.06. The summed E-state index contributed by atoms with van der Waals surface area (Å²) in [6.07, 6.45) is -0.621. The van der Waals surface area contributed by atoms with Crippen molar-refractivity contribution in [3.63, 3.8) is 0 Å². The van der Waals surface area contributed by atoms with Crippen LogP contribution in [0, 0.1) is 0 Å². The SMILES string of the molecule is NCCOCCNC(=O)C1COc2ccccc2O1. The largest absolute Gasteiger partial charge is 0.485 e. The van der Waals surface area contributed by atoms with Crippen LogP contribution in [0.4, 0.5) is 0 Å². The summed E-state index contributed by atoms with van der Waals surface area (Å²) >= 11 is 0. The number of fused-ring (bicyclic) bond motifs is 1. The van der Waals surface area contributed by atoms with E-state index in [-0.39, 0.29) is 12.5 Å². The number of nitrogens with one attached hydrogen (secondary N) is 1. The van der Waals surface area contributed by atoms with Crippen LogP contribution >= 0.6 is 0 Å². The van der Waals surface area contributed by atoms with Crippen LogP contribution in [0.25, 0.3) is 0 Å². The van der Waals surface area contributed by atoms with Crippen molar-refractivity contribution in [2.24, 2.45) is 5.73 Å². The van der Waals surface area contributed by atoms with Crippen LogP contribution in [0.15, 0.2) is 24.3 Å². The van der Waals surface area contributed by atoms with Gasteiger partial charge in [0.2, 0.25) is 6.10 Å². The van der Waals surface area contributed by atoms with Crippen molar-refractivity contribution in [2.75, 3.05) is 32.9 Å². The molecule has 1 atom stereocenters. The molecule has 0 spiro atoms. The zero-order chi connectivity index (χ0) is 13.5. The topological polar surface area (TPSA) is 82.8 Å². The van der Waals surface area contributed by atoms with Crippen LogP contribution in [0.5, 0.6) is 11.5 Å². The molecule has 104 valence electrons. The smallest absolute Gasteiger partial charge is 0.264 e. The highest BCUT2D eigenvalue weighted by Gasteiger charge is 2.26. The zero-order valence-corrected chi connectivity index (χ0v) is 10.6. The Kier molecular flexibility index (Phi) is 5.00. The van der Waals surface area contributed by atoms with E-state index in [9.17, 15) is 4.79 Å². The molecule has 1 amide bonds. The maximum absolute atomic E-state index is 11.8. The highest BCUT2D eigenvalue weighted by atomic mass is 16.6. The van der Waals surface area contributed by atoms with Gasteiger partial charge in [0.15, 0.2) is 11.5 Å². The Morgan fingerprint density at radius 1 is 1.37 bits per heavy atom. The number of carbonyl (C=O) groups is 1. The molecule has 0 aliphatic carbocycles. The highest BCUT2D eigenvalue weighted by Crippen LogP contribution is 2.30. The van der Waals surface area contributed by atoms with Crippen LogP contribution in [-0.2, 0) is 9.53 Å². The third-order valence-corrected chi connectivity index (χ3v) is 2.61. The van der Waals surface area contributed by atoms with Gasteiger partial charge in [0.05, 0.1) is 13.2 Å². The van der Waals surface area contributed by atoms with Gasteiger partial charge in [-0.2, -0.15) is 0 Å². The van der Waals surface area contributed by atoms with Gasteiger partial charge in [-0.25, -0.2) is 0 Å². The van der Waals surface area contributed by atoms with Crippen molar-refractivity contribution < 1.29 is 19.0 Å². The van der Waals surface area contributed by atoms with Gasteiger partial charge in [-0.15, -0.1) is 0 Å². The van der Waals surface area contributed by atoms with E-state index in [1.54, 1.807) is 6.07 Å². The fourth-order valence-corrected chi connectivity index (χ4v) is 1.69. The normalized spacial score (nSPS) is 17.0. The lowest BCUT2D eigenvalue weighted by Gasteiger charge is -2.25. The van der Waals surface area contributed by atoms with Gasteiger partial charge in [0.1, 0.15) is 6.61 Å². The van der Waals surface area contributed by atoms with Crippen molar-refractivity contribution in [2.45, 2.75) is 6.10 Å². The zero-order valence-electron chi connectivity index (χ0n) is 10.6. The van der Waals surface area contributed by atoms with E-state index >= 15 is 0 Å². The summed E-state index contributed by atoms with van der Waals surface area (Å²) in [6.45, 7) is 2.05. The highest BCUT2D eigenvalue weighted by molar-refractivity contribution is 5.81. The van der Waals surface area contributed by atoms with Gasteiger partial charge in [-0.1, -0.05) is 12.1 Å². The minimum atomic E-state index is -0.621. The molecule has 3 N–H and O–H groups in total. The van der Waals surface area contributed by atoms with E-state index in [1.807, 2.05) is 18.2 Å². The monoisotopic (exact) mass is 266 g/mol. The van der Waals surface area contributed by atoms with Gasteiger partial charge in [-0.3, -0.25) is 4.79 Å². The predicted molar refractivity (Wildman–Crippen MR) is 69.2 cm³/mol. The predicted octanol–water partition coefficient (Wildman–Crippen LogP) is -0.0821. The van der Waals surface area contributed by atoms with Crippen molar-refractivity contribution in [3.05, 3.63) is 24.3 Å². The van der Waals surface area contributed by atoms with Crippen molar-refractivity contribution in [1.82, 2.24) is 5.32 Å². The number of hydrogen-bond donors (Lipinski definition) is 2. The molecule has 2 rings (SSSR count). The fourth-order valence-electron chi connectivity index (χ4n) is 1.69. The van der Waals surface area contributed by atoms with Crippen LogP contribution in [0.3, 0.4) is 0 Å². The molecule has 1 unspecified atom stereocenters. The lowest BCUT2D eigenvalue weighted by Crippen LogP contribution is -2.44. The summed E-state index contributed by atoms with van der Waals surface area (Å²) in [7, 11) is 0. The van der Waals surface area contributed by atoms with Gasteiger partial charge < -0.3 is 25.3 Å². The molecule has 6 heteroatoms. The lowest BCUT2D eigenvalue weighted by atomic mass is 10.2. The first-order valence-corrected chi connectivity index (χ1v) is 6.25. The third-order valence-electron chi connectivity index (χ3n) is 2.61. The lowest BCUT2D eigenvalue weighted by molar-refractivity contribution is -0.130. The van der Waals surface area contributed by atoms with Crippen LogP contribution < -0.4 is 20.5 Å². The van der Waals surface area contributed by atoms with Crippen molar-refractivity contribution >= 4 is 5.91 Å². The first-order chi connectivity index (χ1) is 9.31. The molecule has 0 saturated heterocycles. The van der Waals surface area contributed by atoms with Gasteiger partial charge in [0, 0.05) is 13.1 Å². The standard InChI is InChI=1S/C13H18N2O4/c14-5-7-17-8-6-15-13(16)12-9-18-10-3-1-2-4-11(10)19-12/h1-4,12H,5-9,14H2,(H,15,16). The molecule has 1 aliphatic rings. The third kappa shape index (κ3) is 3.84. The Labute approximate surface area is 111 Å². The minimum Gasteiger partial charge on any atom is -0.485 e. The second kappa shape index (κ2) is 6.96. The summed E-state index contributed by atoms with van der Waals surface area (Å²) in [6, 6.07) is 7.28. The molecule has 0 bridgehead atoms. The van der Waals surface area contributed by atoms with Crippen molar-refractivity contribution in [1.29, 1.82) is 0 Å². The maximum atomic E-state index is 11.8. The van der Waals surface area contributed by atoms with Gasteiger partial charge in [-0.05, 0) is 12.1 Å². The molecule has 1 aromatic carbocycles. The first kappa shape index (κ1) is 13.6. The minimum absolute atomic E-state index is 0.203. The molecular weight excluding hydrogens is 248 g/mol. The Hall–Kier alpha value is -1.79. The van der Waals surface area contributed by atoms with E-state index in [2.05, 4.69) is 5.32 Å². The molecule has 0 saturated carbocycles. The average molecular weight is 266 g/mol. The fraction of sp³-hybridized carbons (Fsp3) is 0.462. The number of carbonyl (C=O) groups excluding carboxylic acids is 1. The summed E-state index contributed by atoms with van der Waals surface area (Å²) in [5, 5.41) is 2.73. The van der Waals surface area contributed by atoms with E-state index in [1.165, 1.54) is 0 Å².